The normalized spacial score (nSPS) is 12.9. The molecule has 0 saturated carbocycles. The number of alkyl halides is 1. The van der Waals surface area contributed by atoms with E-state index in [1.54, 1.807) is 0 Å². The molecule has 0 aromatic rings. The summed E-state index contributed by atoms with van der Waals surface area (Å²) in [5, 5.41) is 0. The molecule has 0 aromatic heterocycles. The molecule has 0 rings (SSSR count). The molecule has 0 fully saturated rings. The molecule has 0 atom stereocenters. The maximum Gasteiger partial charge on any atom is 0.0224 e. The summed E-state index contributed by atoms with van der Waals surface area (Å²) in [6.07, 6.45) is 0. The zero-order chi connectivity index (χ0) is 6.08. The van der Waals surface area contributed by atoms with E-state index < -0.39 is 0 Å². The van der Waals surface area contributed by atoms with Crippen molar-refractivity contribution in [3.8, 4) is 0 Å². The molecule has 0 unspecified atom stereocenters. The molecule has 0 aliphatic carbocycles. The lowest BCUT2D eigenvalue weighted by molar-refractivity contribution is 0.514. The van der Waals surface area contributed by atoms with Gasteiger partial charge in [-0.2, -0.15) is 0 Å². The highest BCUT2D eigenvalue weighted by atomic mass is 79.9. The van der Waals surface area contributed by atoms with Gasteiger partial charge in [-0.15, -0.1) is 0 Å². The van der Waals surface area contributed by atoms with Crippen LogP contribution in [-0.2, 0) is 0 Å². The Morgan fingerprint density at radius 1 is 1.29 bits per heavy atom. The minimum absolute atomic E-state index is 0.312. The minimum Gasteiger partial charge on any atom is -0.0857 e. The Bertz CT molecular complexity index is 49.7. The molecule has 0 radical (unpaired) electrons. The van der Waals surface area contributed by atoms with Gasteiger partial charge in [-0.3, -0.25) is 0 Å². The van der Waals surface area contributed by atoms with E-state index in [1.165, 1.54) is 0 Å². The Kier molecular flexibility index (Phi) is 2.31. The fourth-order valence-corrected chi connectivity index (χ4v) is 0. The third-order valence-corrected chi connectivity index (χ3v) is 2.29. The van der Waals surface area contributed by atoms with Crippen molar-refractivity contribution in [2.24, 2.45) is 5.92 Å². The Morgan fingerprint density at radius 3 is 1.43 bits per heavy atom. The molecule has 0 heterocycles. The van der Waals surface area contributed by atoms with E-state index >= 15 is 0 Å². The molecule has 0 aromatic carbocycles. The Labute approximate surface area is 54.4 Å². The predicted molar refractivity (Wildman–Crippen MR) is 37.8 cm³/mol. The van der Waals surface area contributed by atoms with Crippen molar-refractivity contribution in [2.75, 3.05) is 0 Å². The highest BCUT2D eigenvalue weighted by molar-refractivity contribution is 9.10. The third-order valence-electron chi connectivity index (χ3n) is 1.37. The van der Waals surface area contributed by atoms with E-state index in [1.807, 2.05) is 0 Å². The molecule has 0 bridgehead atoms. The van der Waals surface area contributed by atoms with Crippen LogP contribution in [0.5, 0.6) is 0 Å². The molecule has 0 amide bonds. The van der Waals surface area contributed by atoms with Crippen LogP contribution in [0.1, 0.15) is 27.7 Å². The van der Waals surface area contributed by atoms with Crippen LogP contribution in [0.3, 0.4) is 0 Å². The second-order valence-electron chi connectivity index (χ2n) is 2.72. The van der Waals surface area contributed by atoms with E-state index in [0.29, 0.717) is 10.2 Å². The molecule has 1 heteroatoms. The first-order chi connectivity index (χ1) is 2.94. The number of halogens is 1. The lowest BCUT2D eigenvalue weighted by Crippen LogP contribution is -2.17. The van der Waals surface area contributed by atoms with E-state index in [-0.39, 0.29) is 0 Å². The molecule has 0 N–H and O–H groups in total. The van der Waals surface area contributed by atoms with Crippen molar-refractivity contribution < 1.29 is 0 Å². The van der Waals surface area contributed by atoms with Gasteiger partial charge in [-0.05, 0) is 19.8 Å². The van der Waals surface area contributed by atoms with Crippen LogP contribution in [-0.4, -0.2) is 4.32 Å². The fourth-order valence-electron chi connectivity index (χ4n) is 0. The molecular weight excluding hydrogens is 152 g/mol. The van der Waals surface area contributed by atoms with Gasteiger partial charge >= 0.3 is 0 Å². The van der Waals surface area contributed by atoms with Gasteiger partial charge < -0.3 is 0 Å². The summed E-state index contributed by atoms with van der Waals surface area (Å²) in [6.45, 7) is 8.76. The van der Waals surface area contributed by atoms with Gasteiger partial charge in [0.2, 0.25) is 0 Å². The van der Waals surface area contributed by atoms with Gasteiger partial charge in [0.05, 0.1) is 0 Å². The topological polar surface area (TPSA) is 0 Å². The van der Waals surface area contributed by atoms with E-state index in [9.17, 15) is 0 Å². The second kappa shape index (κ2) is 2.17. The lowest BCUT2D eigenvalue weighted by Gasteiger charge is -2.20. The summed E-state index contributed by atoms with van der Waals surface area (Å²) in [4.78, 5) is 0. The van der Waals surface area contributed by atoms with Crippen molar-refractivity contribution in [1.29, 1.82) is 0 Å². The maximum absolute atomic E-state index is 3.54. The first kappa shape index (κ1) is 7.48. The predicted octanol–water partition coefficient (Wildman–Crippen LogP) is 2.82. The highest BCUT2D eigenvalue weighted by Gasteiger charge is 2.16. The van der Waals surface area contributed by atoms with Crippen LogP contribution in [0.2, 0.25) is 0 Å². The van der Waals surface area contributed by atoms with Gasteiger partial charge in [0.15, 0.2) is 0 Å². The summed E-state index contributed by atoms with van der Waals surface area (Å²) in [5.74, 6) is 0.715. The maximum atomic E-state index is 3.54. The smallest absolute Gasteiger partial charge is 0.0224 e. The van der Waals surface area contributed by atoms with Crippen LogP contribution in [0.15, 0.2) is 0 Å². The molecule has 7 heavy (non-hydrogen) atoms. The zero-order valence-corrected chi connectivity index (χ0v) is 7.04. The summed E-state index contributed by atoms with van der Waals surface area (Å²) in [6, 6.07) is 0. The summed E-state index contributed by atoms with van der Waals surface area (Å²) >= 11 is 3.54. The van der Waals surface area contributed by atoms with Crippen LogP contribution >= 0.6 is 15.9 Å². The highest BCUT2D eigenvalue weighted by Crippen LogP contribution is 2.24. The van der Waals surface area contributed by atoms with Crippen LogP contribution in [0.25, 0.3) is 0 Å². The van der Waals surface area contributed by atoms with Crippen molar-refractivity contribution in [1.82, 2.24) is 0 Å². The van der Waals surface area contributed by atoms with Crippen molar-refractivity contribution in [3.63, 3.8) is 0 Å². The van der Waals surface area contributed by atoms with Gasteiger partial charge in [-0.1, -0.05) is 29.8 Å². The average molecular weight is 165 g/mol. The second-order valence-corrected chi connectivity index (χ2v) is 4.76. The number of rotatable bonds is 1. The molecular formula is C6H13Br. The molecule has 0 spiro atoms. The third kappa shape index (κ3) is 3.10. The van der Waals surface area contributed by atoms with Crippen LogP contribution < -0.4 is 0 Å². The van der Waals surface area contributed by atoms with E-state index in [2.05, 4.69) is 43.6 Å². The average Bonchev–Trinajstić information content (AvgIpc) is 1.31. The molecule has 0 aliphatic rings. The molecule has 0 nitrogen and oxygen atoms in total. The summed E-state index contributed by atoms with van der Waals surface area (Å²) < 4.78 is 0.312. The van der Waals surface area contributed by atoms with E-state index in [0.717, 1.165) is 0 Å². The summed E-state index contributed by atoms with van der Waals surface area (Å²) in [5.41, 5.74) is 0. The van der Waals surface area contributed by atoms with E-state index in [4.69, 9.17) is 0 Å². The van der Waals surface area contributed by atoms with Crippen LogP contribution in [0.4, 0.5) is 0 Å². The first-order valence-electron chi connectivity index (χ1n) is 2.63. The zero-order valence-electron chi connectivity index (χ0n) is 5.46. The first-order valence-corrected chi connectivity index (χ1v) is 3.43. The van der Waals surface area contributed by atoms with Crippen molar-refractivity contribution in [3.05, 3.63) is 0 Å². The monoisotopic (exact) mass is 164 g/mol. The molecule has 44 valence electrons. The largest absolute Gasteiger partial charge is 0.0857 e. The van der Waals surface area contributed by atoms with Gasteiger partial charge in [0, 0.05) is 4.32 Å². The summed E-state index contributed by atoms with van der Waals surface area (Å²) in [7, 11) is 0. The molecule has 0 aliphatic heterocycles. The van der Waals surface area contributed by atoms with Crippen molar-refractivity contribution in [2.45, 2.75) is 32.0 Å². The fraction of sp³-hybridized carbons (Fsp3) is 1.00. The van der Waals surface area contributed by atoms with Gasteiger partial charge in [0.25, 0.3) is 0 Å². The Hall–Kier alpha value is 0.480. The lowest BCUT2D eigenvalue weighted by atomic mass is 10.0. The standard InChI is InChI=1S/C6H13Br/c1-5(2)6(3,4)7/h5H,1-4H3. The Morgan fingerprint density at radius 2 is 1.43 bits per heavy atom. The quantitative estimate of drug-likeness (QED) is 0.524. The number of hydrogen-bond donors (Lipinski definition) is 0. The minimum atomic E-state index is 0.312. The van der Waals surface area contributed by atoms with Gasteiger partial charge in [-0.25, -0.2) is 0 Å². The van der Waals surface area contributed by atoms with Crippen LogP contribution in [0, 0.1) is 5.92 Å². The molecule has 0 saturated heterocycles. The SMILES string of the molecule is CC(C)C(C)(C)Br. The number of hydrogen-bond acceptors (Lipinski definition) is 0. The Balaban J connectivity index is 3.54. The van der Waals surface area contributed by atoms with Gasteiger partial charge in [0.1, 0.15) is 0 Å². The van der Waals surface area contributed by atoms with Crippen molar-refractivity contribution >= 4 is 15.9 Å².